The van der Waals surface area contributed by atoms with E-state index in [1.54, 1.807) is 37.6 Å². The Kier molecular flexibility index (Phi) is 6.11. The predicted octanol–water partition coefficient (Wildman–Crippen LogP) is 2.29. The number of carbonyl (C=O) groups is 2. The number of hydrogen-bond donors (Lipinski definition) is 3. The summed E-state index contributed by atoms with van der Waals surface area (Å²) in [6, 6.07) is 14.6. The molecule has 1 aromatic heterocycles. The molecule has 0 bridgehead atoms. The molecule has 1 heterocycles. The molecule has 3 N–H and O–H groups in total. The van der Waals surface area contributed by atoms with E-state index in [0.29, 0.717) is 17.8 Å². The zero-order valence-electron chi connectivity index (χ0n) is 16.4. The fraction of sp³-hybridized carbons (Fsp3) is 0.273. The van der Waals surface area contributed by atoms with Crippen LogP contribution in [0.5, 0.6) is 5.75 Å². The van der Waals surface area contributed by atoms with Gasteiger partial charge >= 0.3 is 0 Å². The Balaban J connectivity index is 1.67. The van der Waals surface area contributed by atoms with Crippen LogP contribution in [-0.4, -0.2) is 42.9 Å². The van der Waals surface area contributed by atoms with Crippen molar-refractivity contribution in [1.29, 1.82) is 0 Å². The standard InChI is InChI=1S/C22H25N3O3/c1-4-25(14-21(26)24-16-9-11-17(28-3)12-10-16)15(2)22(27)19-13-23-20-8-6-5-7-18(19)20/h5-13,15,23H,4,14H2,1-3H3,(H,24,26)/p+1/t15-/m0/s1. The first-order chi connectivity index (χ1) is 13.5. The van der Waals surface area contributed by atoms with Gasteiger partial charge in [0.2, 0.25) is 5.78 Å². The highest BCUT2D eigenvalue weighted by atomic mass is 16.5. The number of para-hydroxylation sites is 1. The molecule has 0 saturated heterocycles. The SMILES string of the molecule is CC[NH+](CC(=O)Nc1ccc(OC)cc1)[C@@H](C)C(=O)c1c[nH]c2ccccc12. The van der Waals surface area contributed by atoms with Crippen LogP contribution in [0.15, 0.2) is 54.7 Å². The summed E-state index contributed by atoms with van der Waals surface area (Å²) in [4.78, 5) is 29.6. The molecule has 3 rings (SSSR count). The molecule has 0 fully saturated rings. The minimum Gasteiger partial charge on any atom is -0.497 e. The van der Waals surface area contributed by atoms with Gasteiger partial charge in [-0.15, -0.1) is 0 Å². The first-order valence-corrected chi connectivity index (χ1v) is 9.42. The average Bonchev–Trinajstić information content (AvgIpc) is 3.15. The summed E-state index contributed by atoms with van der Waals surface area (Å²) in [6.45, 7) is 4.75. The molecule has 0 aliphatic carbocycles. The van der Waals surface area contributed by atoms with Crippen LogP contribution < -0.4 is 15.0 Å². The molecule has 2 atom stereocenters. The molecule has 146 valence electrons. The van der Waals surface area contributed by atoms with Crippen molar-refractivity contribution in [3.63, 3.8) is 0 Å². The van der Waals surface area contributed by atoms with Crippen LogP contribution in [-0.2, 0) is 4.79 Å². The normalized spacial score (nSPS) is 13.1. The van der Waals surface area contributed by atoms with Crippen LogP contribution in [0.25, 0.3) is 10.9 Å². The summed E-state index contributed by atoms with van der Waals surface area (Å²) in [5, 5.41) is 3.80. The van der Waals surface area contributed by atoms with Crippen LogP contribution in [0.4, 0.5) is 5.69 Å². The van der Waals surface area contributed by atoms with Crippen LogP contribution in [0, 0.1) is 0 Å². The van der Waals surface area contributed by atoms with Gasteiger partial charge in [-0.1, -0.05) is 18.2 Å². The maximum Gasteiger partial charge on any atom is 0.279 e. The second kappa shape index (κ2) is 8.71. The number of hydrogen-bond acceptors (Lipinski definition) is 3. The summed E-state index contributed by atoms with van der Waals surface area (Å²) >= 11 is 0. The smallest absolute Gasteiger partial charge is 0.279 e. The number of aromatic nitrogens is 1. The van der Waals surface area contributed by atoms with Crippen LogP contribution in [0.2, 0.25) is 0 Å². The number of nitrogens with one attached hydrogen (secondary N) is 3. The van der Waals surface area contributed by atoms with E-state index in [1.165, 1.54) is 0 Å². The van der Waals surface area contributed by atoms with Gasteiger partial charge in [0.15, 0.2) is 6.54 Å². The fourth-order valence-corrected chi connectivity index (χ4v) is 3.36. The lowest BCUT2D eigenvalue weighted by atomic mass is 10.0. The molecular formula is C22H26N3O3+. The van der Waals surface area contributed by atoms with Crippen LogP contribution in [0.3, 0.4) is 0 Å². The molecule has 0 spiro atoms. The molecule has 0 saturated carbocycles. The number of anilines is 1. The third kappa shape index (κ3) is 4.23. The molecule has 28 heavy (non-hydrogen) atoms. The topological polar surface area (TPSA) is 75.6 Å². The average molecular weight is 380 g/mol. The van der Waals surface area contributed by atoms with Crippen molar-refractivity contribution in [1.82, 2.24) is 4.98 Å². The number of ketones is 1. The maximum atomic E-state index is 13.0. The molecule has 0 radical (unpaired) electrons. The van der Waals surface area contributed by atoms with Crippen molar-refractivity contribution in [2.24, 2.45) is 0 Å². The first kappa shape index (κ1) is 19.6. The lowest BCUT2D eigenvalue weighted by molar-refractivity contribution is -0.903. The molecule has 1 amide bonds. The number of quaternary nitrogens is 1. The van der Waals surface area contributed by atoms with Crippen LogP contribution in [0.1, 0.15) is 24.2 Å². The monoisotopic (exact) mass is 380 g/mol. The number of H-pyrrole nitrogens is 1. The van der Waals surface area contributed by atoms with Gasteiger partial charge in [-0.2, -0.15) is 0 Å². The molecular weight excluding hydrogens is 354 g/mol. The Morgan fingerprint density at radius 3 is 2.54 bits per heavy atom. The molecule has 2 aromatic carbocycles. The lowest BCUT2D eigenvalue weighted by Crippen LogP contribution is -3.17. The third-order valence-corrected chi connectivity index (χ3v) is 5.08. The van der Waals surface area contributed by atoms with Gasteiger partial charge in [0.25, 0.3) is 5.91 Å². The number of methoxy groups -OCH3 is 1. The fourth-order valence-electron chi connectivity index (χ4n) is 3.36. The molecule has 6 nitrogen and oxygen atoms in total. The van der Waals surface area contributed by atoms with Gasteiger partial charge in [0, 0.05) is 28.4 Å². The van der Waals surface area contributed by atoms with Gasteiger partial charge in [-0.3, -0.25) is 9.59 Å². The lowest BCUT2D eigenvalue weighted by Gasteiger charge is -2.23. The highest BCUT2D eigenvalue weighted by Crippen LogP contribution is 2.19. The Hall–Kier alpha value is -3.12. The van der Waals surface area contributed by atoms with Gasteiger partial charge in [-0.05, 0) is 44.2 Å². The Labute approximate surface area is 164 Å². The van der Waals surface area contributed by atoms with Crippen molar-refractivity contribution in [3.05, 3.63) is 60.3 Å². The molecule has 0 aliphatic rings. The predicted molar refractivity (Wildman–Crippen MR) is 110 cm³/mol. The molecule has 3 aromatic rings. The zero-order valence-corrected chi connectivity index (χ0v) is 16.4. The van der Waals surface area contributed by atoms with Crippen molar-refractivity contribution in [2.45, 2.75) is 19.9 Å². The summed E-state index contributed by atoms with van der Waals surface area (Å²) < 4.78 is 5.12. The summed E-state index contributed by atoms with van der Waals surface area (Å²) in [7, 11) is 1.60. The largest absolute Gasteiger partial charge is 0.497 e. The Morgan fingerprint density at radius 1 is 1.14 bits per heavy atom. The highest BCUT2D eigenvalue weighted by molar-refractivity contribution is 6.09. The number of likely N-dealkylation sites (N-methyl/N-ethyl adjacent to an activating group) is 1. The van der Waals surface area contributed by atoms with E-state index in [9.17, 15) is 9.59 Å². The van der Waals surface area contributed by atoms with E-state index < -0.39 is 0 Å². The first-order valence-electron chi connectivity index (χ1n) is 9.42. The van der Waals surface area contributed by atoms with Crippen molar-refractivity contribution < 1.29 is 19.2 Å². The van der Waals surface area contributed by atoms with Crippen molar-refractivity contribution in [2.75, 3.05) is 25.5 Å². The number of carbonyl (C=O) groups excluding carboxylic acids is 2. The summed E-state index contributed by atoms with van der Waals surface area (Å²) in [5.74, 6) is 0.642. The second-order valence-corrected chi connectivity index (χ2v) is 6.80. The van der Waals surface area contributed by atoms with E-state index in [2.05, 4.69) is 10.3 Å². The van der Waals surface area contributed by atoms with Gasteiger partial charge < -0.3 is 19.9 Å². The molecule has 1 unspecified atom stereocenters. The van der Waals surface area contributed by atoms with Gasteiger partial charge in [-0.25, -0.2) is 0 Å². The van der Waals surface area contributed by atoms with E-state index in [4.69, 9.17) is 4.74 Å². The maximum absolute atomic E-state index is 13.0. The number of benzene rings is 2. The van der Waals surface area contributed by atoms with Gasteiger partial charge in [0.05, 0.1) is 13.7 Å². The third-order valence-electron chi connectivity index (χ3n) is 5.08. The minimum atomic E-state index is -0.328. The Bertz CT molecular complexity index is 963. The van der Waals surface area contributed by atoms with Crippen LogP contribution >= 0.6 is 0 Å². The quantitative estimate of drug-likeness (QED) is 0.525. The van der Waals surface area contributed by atoms with Crippen molar-refractivity contribution >= 4 is 28.3 Å². The number of aromatic amines is 1. The second-order valence-electron chi connectivity index (χ2n) is 6.80. The number of fused-ring (bicyclic) bond motifs is 1. The molecule has 6 heteroatoms. The van der Waals surface area contributed by atoms with E-state index in [0.717, 1.165) is 21.6 Å². The zero-order chi connectivity index (χ0) is 20.1. The van der Waals surface area contributed by atoms with E-state index >= 15 is 0 Å². The number of ether oxygens (including phenoxy) is 1. The van der Waals surface area contributed by atoms with E-state index in [-0.39, 0.29) is 24.3 Å². The van der Waals surface area contributed by atoms with Crippen molar-refractivity contribution in [3.8, 4) is 5.75 Å². The van der Waals surface area contributed by atoms with E-state index in [1.807, 2.05) is 38.1 Å². The number of amides is 1. The van der Waals surface area contributed by atoms with Gasteiger partial charge in [0.1, 0.15) is 11.8 Å². The minimum absolute atomic E-state index is 0.0338. The highest BCUT2D eigenvalue weighted by Gasteiger charge is 2.28. The number of Topliss-reactive ketones (excluding diaryl/α,β-unsaturated/α-hetero) is 1. The molecule has 0 aliphatic heterocycles. The summed E-state index contributed by atoms with van der Waals surface area (Å²) in [5.41, 5.74) is 2.31. The Morgan fingerprint density at radius 2 is 1.86 bits per heavy atom. The number of rotatable bonds is 8. The summed E-state index contributed by atoms with van der Waals surface area (Å²) in [6.07, 6.45) is 1.76.